The summed E-state index contributed by atoms with van der Waals surface area (Å²) in [4.78, 5) is 4.44. The predicted octanol–water partition coefficient (Wildman–Crippen LogP) is 3.66. The van der Waals surface area contributed by atoms with Crippen molar-refractivity contribution in [1.29, 1.82) is 0 Å². The molecule has 2 rings (SSSR count). The molecule has 2 heteroatoms. The van der Waals surface area contributed by atoms with E-state index < -0.39 is 0 Å². The van der Waals surface area contributed by atoms with Gasteiger partial charge in [-0.25, -0.2) is 0 Å². The lowest BCUT2D eigenvalue weighted by Crippen LogP contribution is -1.88. The molecular weight excluding hydrogens is 285 g/mol. The number of hydrogen-bond acceptors (Lipinski definition) is 1. The smallest absolute Gasteiger partial charge is 0.0731 e. The van der Waals surface area contributed by atoms with E-state index in [1.54, 1.807) is 0 Å². The number of aryl methyl sites for hydroxylation is 1. The third-order valence-corrected chi connectivity index (χ3v) is 2.68. The quantitative estimate of drug-likeness (QED) is 0.732. The van der Waals surface area contributed by atoms with Crippen molar-refractivity contribution < 1.29 is 0 Å². The molecule has 0 amide bonds. The topological polar surface area (TPSA) is 12.9 Å². The minimum absolute atomic E-state index is 1.08. The van der Waals surface area contributed by atoms with Crippen molar-refractivity contribution in [3.8, 4) is 11.3 Å². The van der Waals surface area contributed by atoms with Gasteiger partial charge in [0.1, 0.15) is 0 Å². The van der Waals surface area contributed by atoms with Crippen LogP contribution in [-0.4, -0.2) is 4.98 Å². The molecule has 0 aliphatic carbocycles. The first-order chi connectivity index (χ1) is 6.77. The molecular formula is C12H10IN. The fraction of sp³-hybridized carbons (Fsp3) is 0.0833. The fourth-order valence-corrected chi connectivity index (χ4v) is 2.05. The predicted molar refractivity (Wildman–Crippen MR) is 67.1 cm³/mol. The summed E-state index contributed by atoms with van der Waals surface area (Å²) < 4.78 is 1.18. The van der Waals surface area contributed by atoms with Crippen molar-refractivity contribution in [2.24, 2.45) is 0 Å². The highest BCUT2D eigenvalue weighted by molar-refractivity contribution is 14.1. The Morgan fingerprint density at radius 1 is 1.14 bits per heavy atom. The maximum Gasteiger partial charge on any atom is 0.0731 e. The largest absolute Gasteiger partial charge is 0.255 e. The molecule has 0 atom stereocenters. The Bertz CT molecular complexity index is 437. The summed E-state index contributed by atoms with van der Waals surface area (Å²) in [6.45, 7) is 2.09. The van der Waals surface area contributed by atoms with E-state index >= 15 is 0 Å². The van der Waals surface area contributed by atoms with Crippen LogP contribution in [0.5, 0.6) is 0 Å². The third kappa shape index (κ3) is 1.95. The zero-order valence-electron chi connectivity index (χ0n) is 7.87. The normalized spacial score (nSPS) is 10.1. The summed E-state index contributed by atoms with van der Waals surface area (Å²) in [6.07, 6.45) is 1.90. The summed E-state index contributed by atoms with van der Waals surface area (Å²) >= 11 is 2.28. The number of aromatic nitrogens is 1. The molecule has 0 fully saturated rings. The van der Waals surface area contributed by atoms with Crippen LogP contribution >= 0.6 is 22.6 Å². The van der Waals surface area contributed by atoms with Gasteiger partial charge in [-0.1, -0.05) is 30.3 Å². The lowest BCUT2D eigenvalue weighted by Gasteiger charge is -2.04. The Kier molecular flexibility index (Phi) is 2.82. The van der Waals surface area contributed by atoms with E-state index in [0.717, 1.165) is 5.69 Å². The van der Waals surface area contributed by atoms with Gasteiger partial charge >= 0.3 is 0 Å². The highest BCUT2D eigenvalue weighted by Gasteiger charge is 2.02. The van der Waals surface area contributed by atoms with Crippen molar-refractivity contribution in [2.45, 2.75) is 6.92 Å². The second-order valence-corrected chi connectivity index (χ2v) is 4.43. The molecule has 2 aromatic rings. The zero-order valence-corrected chi connectivity index (χ0v) is 10.0. The summed E-state index contributed by atoms with van der Waals surface area (Å²) in [5.74, 6) is 0. The fourth-order valence-electron chi connectivity index (χ4n) is 1.44. The van der Waals surface area contributed by atoms with E-state index in [1.807, 2.05) is 24.4 Å². The number of rotatable bonds is 1. The maximum absolute atomic E-state index is 4.44. The molecule has 0 unspecified atom stereocenters. The van der Waals surface area contributed by atoms with Crippen LogP contribution in [0, 0.1) is 10.5 Å². The molecule has 1 nitrogen and oxygen atoms in total. The van der Waals surface area contributed by atoms with Gasteiger partial charge in [0, 0.05) is 15.3 Å². The van der Waals surface area contributed by atoms with E-state index in [9.17, 15) is 0 Å². The van der Waals surface area contributed by atoms with Gasteiger partial charge in [-0.15, -0.1) is 0 Å². The number of nitrogens with zero attached hydrogens (tertiary/aromatic N) is 1. The van der Waals surface area contributed by atoms with E-state index in [1.165, 1.54) is 14.7 Å². The molecule has 0 N–H and O–H groups in total. The van der Waals surface area contributed by atoms with Gasteiger partial charge in [0.25, 0.3) is 0 Å². The van der Waals surface area contributed by atoms with Crippen molar-refractivity contribution in [1.82, 2.24) is 4.98 Å². The van der Waals surface area contributed by atoms with Gasteiger partial charge in [-0.05, 0) is 41.1 Å². The Labute approximate surface area is 97.3 Å². The van der Waals surface area contributed by atoms with Crippen LogP contribution in [0.25, 0.3) is 11.3 Å². The van der Waals surface area contributed by atoms with Gasteiger partial charge in [0.05, 0.1) is 5.69 Å². The van der Waals surface area contributed by atoms with Crippen molar-refractivity contribution >= 4 is 22.6 Å². The van der Waals surface area contributed by atoms with Gasteiger partial charge in [0.2, 0.25) is 0 Å². The van der Waals surface area contributed by atoms with E-state index in [0.29, 0.717) is 0 Å². The van der Waals surface area contributed by atoms with Gasteiger partial charge < -0.3 is 0 Å². The second kappa shape index (κ2) is 4.09. The van der Waals surface area contributed by atoms with Crippen molar-refractivity contribution in [2.75, 3.05) is 0 Å². The molecule has 0 spiro atoms. The van der Waals surface area contributed by atoms with E-state index in [-0.39, 0.29) is 0 Å². The molecule has 70 valence electrons. The molecule has 0 bridgehead atoms. The van der Waals surface area contributed by atoms with Crippen LogP contribution in [0.15, 0.2) is 42.6 Å². The Morgan fingerprint density at radius 2 is 1.86 bits per heavy atom. The van der Waals surface area contributed by atoms with E-state index in [2.05, 4.69) is 52.7 Å². The number of benzene rings is 1. The van der Waals surface area contributed by atoms with Crippen LogP contribution in [-0.2, 0) is 0 Å². The molecule has 0 aliphatic rings. The van der Waals surface area contributed by atoms with Gasteiger partial charge in [-0.2, -0.15) is 0 Å². The Morgan fingerprint density at radius 3 is 2.50 bits per heavy atom. The highest BCUT2D eigenvalue weighted by atomic mass is 127. The summed E-state index contributed by atoms with van der Waals surface area (Å²) in [7, 11) is 0. The zero-order chi connectivity index (χ0) is 9.97. The SMILES string of the molecule is Cc1cc(I)cnc1-c1ccccc1. The molecule has 14 heavy (non-hydrogen) atoms. The summed E-state index contributed by atoms with van der Waals surface area (Å²) in [5.41, 5.74) is 3.48. The van der Waals surface area contributed by atoms with Gasteiger partial charge in [-0.3, -0.25) is 4.98 Å². The average Bonchev–Trinajstić information content (AvgIpc) is 2.19. The molecule has 0 aliphatic heterocycles. The Hall–Kier alpha value is -0.900. The maximum atomic E-state index is 4.44. The number of halogens is 1. The van der Waals surface area contributed by atoms with Crippen molar-refractivity contribution in [3.05, 3.63) is 51.7 Å². The lowest BCUT2D eigenvalue weighted by atomic mass is 10.1. The van der Waals surface area contributed by atoms with Gasteiger partial charge in [0.15, 0.2) is 0 Å². The lowest BCUT2D eigenvalue weighted by molar-refractivity contribution is 1.25. The van der Waals surface area contributed by atoms with Crippen LogP contribution < -0.4 is 0 Å². The molecule has 0 saturated carbocycles. The first kappa shape index (κ1) is 9.65. The molecule has 1 aromatic heterocycles. The minimum atomic E-state index is 1.08. The van der Waals surface area contributed by atoms with Crippen LogP contribution in [0.4, 0.5) is 0 Å². The highest BCUT2D eigenvalue weighted by Crippen LogP contribution is 2.21. The summed E-state index contributed by atoms with van der Waals surface area (Å²) in [5, 5.41) is 0. The first-order valence-corrected chi connectivity index (χ1v) is 5.53. The molecule has 1 heterocycles. The van der Waals surface area contributed by atoms with Crippen LogP contribution in [0.2, 0.25) is 0 Å². The van der Waals surface area contributed by atoms with E-state index in [4.69, 9.17) is 0 Å². The monoisotopic (exact) mass is 295 g/mol. The third-order valence-electron chi connectivity index (χ3n) is 2.09. The first-order valence-electron chi connectivity index (χ1n) is 4.45. The molecule has 0 saturated heterocycles. The Balaban J connectivity index is 2.53. The minimum Gasteiger partial charge on any atom is -0.255 e. The second-order valence-electron chi connectivity index (χ2n) is 3.19. The van der Waals surface area contributed by atoms with Crippen LogP contribution in [0.1, 0.15) is 5.56 Å². The van der Waals surface area contributed by atoms with Crippen LogP contribution in [0.3, 0.4) is 0 Å². The molecule has 0 radical (unpaired) electrons. The average molecular weight is 295 g/mol. The van der Waals surface area contributed by atoms with Crippen molar-refractivity contribution in [3.63, 3.8) is 0 Å². The number of pyridine rings is 1. The molecule has 1 aromatic carbocycles. The standard InChI is InChI=1S/C12H10IN/c1-9-7-11(13)8-14-12(9)10-5-3-2-4-6-10/h2-8H,1H3. The summed E-state index contributed by atoms with van der Waals surface area (Å²) in [6, 6.07) is 12.4. The number of hydrogen-bond donors (Lipinski definition) is 0.